The Labute approximate surface area is 133 Å². The van der Waals surface area contributed by atoms with Gasteiger partial charge in [-0.3, -0.25) is 4.79 Å². The van der Waals surface area contributed by atoms with E-state index in [-0.39, 0.29) is 11.4 Å². The van der Waals surface area contributed by atoms with Crippen molar-refractivity contribution in [3.05, 3.63) is 29.8 Å². The molecule has 1 aromatic carbocycles. The summed E-state index contributed by atoms with van der Waals surface area (Å²) in [6.45, 7) is 4.43. The van der Waals surface area contributed by atoms with Gasteiger partial charge in [0, 0.05) is 0 Å². The number of carbonyl (C=O) groups is 1. The van der Waals surface area contributed by atoms with Crippen LogP contribution in [-0.4, -0.2) is 5.97 Å². The quantitative estimate of drug-likeness (QED) is 0.582. The molecule has 3 atom stereocenters. The monoisotopic (exact) mass is 298 g/mol. The van der Waals surface area contributed by atoms with Crippen molar-refractivity contribution in [1.82, 2.24) is 0 Å². The summed E-state index contributed by atoms with van der Waals surface area (Å²) in [7, 11) is 0. The van der Waals surface area contributed by atoms with Crippen molar-refractivity contribution in [2.24, 2.45) is 23.2 Å². The number of esters is 1. The molecule has 0 saturated heterocycles. The van der Waals surface area contributed by atoms with E-state index in [9.17, 15) is 4.79 Å². The Balaban J connectivity index is 1.46. The van der Waals surface area contributed by atoms with Crippen LogP contribution in [-0.2, 0) is 4.79 Å². The van der Waals surface area contributed by atoms with Gasteiger partial charge in [0.25, 0.3) is 0 Å². The Morgan fingerprint density at radius 2 is 1.82 bits per heavy atom. The fourth-order valence-corrected chi connectivity index (χ4v) is 5.38. The van der Waals surface area contributed by atoms with Crippen molar-refractivity contribution in [1.29, 1.82) is 0 Å². The molecule has 0 heterocycles. The van der Waals surface area contributed by atoms with Gasteiger partial charge >= 0.3 is 5.97 Å². The molecule has 4 bridgehead atoms. The molecule has 0 aliphatic heterocycles. The van der Waals surface area contributed by atoms with Gasteiger partial charge in [0.2, 0.25) is 0 Å². The lowest BCUT2D eigenvalue weighted by atomic mass is 9.69. The molecule has 4 fully saturated rings. The van der Waals surface area contributed by atoms with Crippen LogP contribution in [0.3, 0.4) is 0 Å². The molecule has 4 saturated carbocycles. The maximum atomic E-state index is 12.8. The molecule has 4 aliphatic carbocycles. The van der Waals surface area contributed by atoms with Crippen LogP contribution >= 0.6 is 0 Å². The standard InChI is InChI=1S/C20H26O2/c1-3-13(2)15-4-6-18(7-5-15)22-19(21)20-10-14-8-16(11-20)17(9-14)12-20/h4-7,13-14,16-17H,3,8-12H2,1-2H3. The third kappa shape index (κ3) is 2.19. The van der Waals surface area contributed by atoms with E-state index in [1.807, 2.05) is 12.1 Å². The van der Waals surface area contributed by atoms with E-state index in [0.29, 0.717) is 11.7 Å². The van der Waals surface area contributed by atoms with Crippen molar-refractivity contribution < 1.29 is 9.53 Å². The van der Waals surface area contributed by atoms with Crippen molar-refractivity contribution >= 4 is 5.97 Å². The van der Waals surface area contributed by atoms with Gasteiger partial charge in [0.1, 0.15) is 5.75 Å². The van der Waals surface area contributed by atoms with Crippen molar-refractivity contribution in [3.8, 4) is 5.75 Å². The average molecular weight is 298 g/mol. The molecule has 1 aromatic rings. The lowest BCUT2D eigenvalue weighted by molar-refractivity contribution is -0.148. The van der Waals surface area contributed by atoms with Crippen LogP contribution in [0.15, 0.2) is 24.3 Å². The molecule has 2 nitrogen and oxygen atoms in total. The Morgan fingerprint density at radius 3 is 2.36 bits per heavy atom. The summed E-state index contributed by atoms with van der Waals surface area (Å²) in [5.74, 6) is 3.72. The number of ether oxygens (including phenoxy) is 1. The molecule has 3 unspecified atom stereocenters. The SMILES string of the molecule is CCC(C)c1ccc(OC(=O)C23CC4CC(C2)C(C4)C3)cc1. The largest absolute Gasteiger partial charge is 0.426 e. The van der Waals surface area contributed by atoms with Crippen LogP contribution in [0.2, 0.25) is 0 Å². The summed E-state index contributed by atoms with van der Waals surface area (Å²) in [6.07, 6.45) is 7.10. The minimum atomic E-state index is -0.147. The number of hydrogen-bond donors (Lipinski definition) is 0. The molecule has 5 rings (SSSR count). The maximum absolute atomic E-state index is 12.8. The molecular formula is C20H26O2. The smallest absolute Gasteiger partial charge is 0.317 e. The van der Waals surface area contributed by atoms with Gasteiger partial charge in [-0.25, -0.2) is 0 Å². The fourth-order valence-electron chi connectivity index (χ4n) is 5.38. The van der Waals surface area contributed by atoms with Crippen LogP contribution in [0.5, 0.6) is 5.75 Å². The molecule has 118 valence electrons. The van der Waals surface area contributed by atoms with E-state index in [1.54, 1.807) is 0 Å². The summed E-state index contributed by atoms with van der Waals surface area (Å²) >= 11 is 0. The Hall–Kier alpha value is -1.31. The number of benzene rings is 1. The first-order valence-electron chi connectivity index (χ1n) is 8.92. The van der Waals surface area contributed by atoms with Crippen LogP contribution < -0.4 is 4.74 Å². The zero-order valence-electron chi connectivity index (χ0n) is 13.7. The molecule has 2 heteroatoms. The van der Waals surface area contributed by atoms with E-state index >= 15 is 0 Å². The number of rotatable bonds is 4. The Morgan fingerprint density at radius 1 is 1.18 bits per heavy atom. The van der Waals surface area contributed by atoms with Gasteiger partial charge in [0.15, 0.2) is 0 Å². The summed E-state index contributed by atoms with van der Waals surface area (Å²) in [5.41, 5.74) is 1.17. The van der Waals surface area contributed by atoms with E-state index in [1.165, 1.54) is 18.4 Å². The molecule has 22 heavy (non-hydrogen) atoms. The van der Waals surface area contributed by atoms with E-state index in [0.717, 1.165) is 43.4 Å². The average Bonchev–Trinajstić information content (AvgIpc) is 2.95. The van der Waals surface area contributed by atoms with Crippen molar-refractivity contribution in [2.45, 2.75) is 58.3 Å². The molecule has 0 aromatic heterocycles. The van der Waals surface area contributed by atoms with Gasteiger partial charge in [-0.15, -0.1) is 0 Å². The third-order valence-electron chi connectivity index (χ3n) is 6.63. The second kappa shape index (κ2) is 5.11. The molecule has 0 radical (unpaired) electrons. The third-order valence-corrected chi connectivity index (χ3v) is 6.63. The molecule has 0 spiro atoms. The van der Waals surface area contributed by atoms with Crippen LogP contribution in [0.1, 0.15) is 63.9 Å². The minimum Gasteiger partial charge on any atom is -0.426 e. The summed E-state index contributed by atoms with van der Waals surface area (Å²) < 4.78 is 5.77. The first-order chi connectivity index (χ1) is 10.6. The first kappa shape index (κ1) is 14.3. The highest BCUT2D eigenvalue weighted by Crippen LogP contribution is 2.64. The number of hydrogen-bond acceptors (Lipinski definition) is 2. The fraction of sp³-hybridized carbons (Fsp3) is 0.650. The molecule has 0 amide bonds. The summed E-state index contributed by atoms with van der Waals surface area (Å²) in [4.78, 5) is 12.8. The highest BCUT2D eigenvalue weighted by Gasteiger charge is 2.60. The predicted molar refractivity (Wildman–Crippen MR) is 86.8 cm³/mol. The highest BCUT2D eigenvalue weighted by molar-refractivity contribution is 5.80. The summed E-state index contributed by atoms with van der Waals surface area (Å²) in [6, 6.07) is 8.13. The number of carbonyl (C=O) groups excluding carboxylic acids is 1. The van der Waals surface area contributed by atoms with Crippen LogP contribution in [0.25, 0.3) is 0 Å². The minimum absolute atomic E-state index is 0.0423. The van der Waals surface area contributed by atoms with E-state index < -0.39 is 0 Å². The van der Waals surface area contributed by atoms with Crippen LogP contribution in [0.4, 0.5) is 0 Å². The van der Waals surface area contributed by atoms with Gasteiger partial charge < -0.3 is 4.74 Å². The van der Waals surface area contributed by atoms with Gasteiger partial charge in [-0.1, -0.05) is 26.0 Å². The van der Waals surface area contributed by atoms with E-state index in [2.05, 4.69) is 26.0 Å². The topological polar surface area (TPSA) is 26.3 Å². The first-order valence-corrected chi connectivity index (χ1v) is 8.92. The van der Waals surface area contributed by atoms with Gasteiger partial charge in [-0.2, -0.15) is 0 Å². The second-order valence-corrected chi connectivity index (χ2v) is 8.02. The molecule has 0 N–H and O–H groups in total. The second-order valence-electron chi connectivity index (χ2n) is 8.02. The maximum Gasteiger partial charge on any atom is 0.317 e. The van der Waals surface area contributed by atoms with Gasteiger partial charge in [-0.05, 0) is 79.9 Å². The lowest BCUT2D eigenvalue weighted by Crippen LogP contribution is -2.38. The van der Waals surface area contributed by atoms with Crippen LogP contribution in [0, 0.1) is 23.2 Å². The Kier molecular flexibility index (Phi) is 3.32. The van der Waals surface area contributed by atoms with Crippen molar-refractivity contribution in [3.63, 3.8) is 0 Å². The predicted octanol–water partition coefficient (Wildman–Crippen LogP) is 4.93. The summed E-state index contributed by atoms with van der Waals surface area (Å²) in [5, 5.41) is 0. The van der Waals surface area contributed by atoms with Gasteiger partial charge in [0.05, 0.1) is 5.41 Å². The lowest BCUT2D eigenvalue weighted by Gasteiger charge is -2.35. The highest BCUT2D eigenvalue weighted by atomic mass is 16.5. The molecule has 4 aliphatic rings. The van der Waals surface area contributed by atoms with Crippen molar-refractivity contribution in [2.75, 3.05) is 0 Å². The zero-order valence-corrected chi connectivity index (χ0v) is 13.7. The zero-order chi connectivity index (χ0) is 15.3. The van der Waals surface area contributed by atoms with E-state index in [4.69, 9.17) is 4.74 Å². The normalized spacial score (nSPS) is 36.5. The molecular weight excluding hydrogens is 272 g/mol. The Bertz CT molecular complexity index is 554.